The van der Waals surface area contributed by atoms with Gasteiger partial charge in [0, 0.05) is 69.9 Å². The number of hydrogen-bond donors (Lipinski definition) is 6. The maximum atomic E-state index is 12.4. The van der Waals surface area contributed by atoms with Gasteiger partial charge in [-0.1, -0.05) is 13.8 Å². The van der Waals surface area contributed by atoms with E-state index in [1.54, 1.807) is 0 Å². The van der Waals surface area contributed by atoms with Gasteiger partial charge in [-0.3, -0.25) is 19.7 Å². The highest BCUT2D eigenvalue weighted by Gasteiger charge is 2.47. The average Bonchev–Trinajstić information content (AvgIpc) is 3.53. The van der Waals surface area contributed by atoms with Crippen molar-refractivity contribution in [1.29, 1.82) is 0 Å². The predicted molar refractivity (Wildman–Crippen MR) is 171 cm³/mol. The van der Waals surface area contributed by atoms with E-state index in [-0.39, 0.29) is 30.7 Å². The van der Waals surface area contributed by atoms with Gasteiger partial charge in [0.05, 0.1) is 5.71 Å². The van der Waals surface area contributed by atoms with Crippen molar-refractivity contribution >= 4 is 47.5 Å². The van der Waals surface area contributed by atoms with Gasteiger partial charge in [-0.2, -0.15) is 11.8 Å². The molecule has 236 valence electrons. The van der Waals surface area contributed by atoms with Crippen LogP contribution in [-0.2, 0) is 33.6 Å². The van der Waals surface area contributed by atoms with E-state index in [0.29, 0.717) is 42.6 Å². The van der Waals surface area contributed by atoms with Gasteiger partial charge in [0.25, 0.3) is 5.91 Å². The lowest BCUT2D eigenvalue weighted by molar-refractivity contribution is -0.138. The number of thioether (sulfide) groups is 1. The van der Waals surface area contributed by atoms with Crippen molar-refractivity contribution in [3.05, 3.63) is 55.5 Å². The van der Waals surface area contributed by atoms with Gasteiger partial charge in [-0.15, -0.1) is 0 Å². The number of hydrogen-bond acceptors (Lipinski definition) is 6. The summed E-state index contributed by atoms with van der Waals surface area (Å²) in [6.07, 6.45) is 5.10. The molecule has 2 aromatic rings. The Morgan fingerprint density at radius 2 is 1.68 bits per heavy atom. The van der Waals surface area contributed by atoms with Crippen molar-refractivity contribution < 1.29 is 29.7 Å². The second kappa shape index (κ2) is 12.9. The summed E-state index contributed by atoms with van der Waals surface area (Å²) in [7, 11) is 0. The molecule has 3 aliphatic rings. The summed E-state index contributed by atoms with van der Waals surface area (Å²) in [5, 5.41) is 35.0. The fraction of sp³-hybridized carbons (Fsp3) is 0.515. The van der Waals surface area contributed by atoms with Crippen molar-refractivity contribution in [3.8, 4) is 0 Å². The Hall–Kier alpha value is -3.41. The van der Waals surface area contributed by atoms with Gasteiger partial charge in [-0.05, 0) is 85.9 Å². The highest BCUT2D eigenvalue weighted by atomic mass is 32.2. The zero-order valence-corrected chi connectivity index (χ0v) is 26.7. The molecule has 0 aromatic carbocycles. The van der Waals surface area contributed by atoms with E-state index in [9.17, 15) is 29.7 Å². The number of carbonyl (C=O) groups excluding carboxylic acids is 1. The number of aliphatic hydroxyl groups is 1. The smallest absolute Gasteiger partial charge is 0.303 e. The summed E-state index contributed by atoms with van der Waals surface area (Å²) in [4.78, 5) is 46.9. The average molecular weight is 623 g/mol. The number of aliphatic carboxylic acids is 2. The van der Waals surface area contributed by atoms with E-state index in [2.05, 4.69) is 33.3 Å². The fourth-order valence-electron chi connectivity index (χ4n) is 6.79. The molecule has 0 spiro atoms. The SMILES string of the molecule is CCC1=C(C)C(Cc2[nH]c(/C=c3\[nH]/c(=C/C4NC(O)[C@H](C)[C@H]4[C@H]4CS4)c(C)c3CCC(=O)O)c(CCC(=O)O)c2C)=NC1=O. The number of carboxylic acid groups (broad SMARTS) is 2. The number of allylic oxidation sites excluding steroid dienone is 1. The maximum absolute atomic E-state index is 12.4. The second-order valence-corrected chi connectivity index (χ2v) is 13.5. The Morgan fingerprint density at radius 3 is 2.27 bits per heavy atom. The highest BCUT2D eigenvalue weighted by Crippen LogP contribution is 2.45. The topological polar surface area (TPSA) is 168 Å². The lowest BCUT2D eigenvalue weighted by Gasteiger charge is -2.17. The largest absolute Gasteiger partial charge is 0.481 e. The predicted octanol–water partition coefficient (Wildman–Crippen LogP) is 2.51. The summed E-state index contributed by atoms with van der Waals surface area (Å²) < 4.78 is 0. The third-order valence-electron chi connectivity index (χ3n) is 9.53. The molecule has 2 aromatic heterocycles. The Kier molecular flexibility index (Phi) is 9.38. The van der Waals surface area contributed by atoms with E-state index in [1.165, 1.54) is 0 Å². The number of nitrogens with zero attached hydrogens (tertiary/aromatic N) is 1. The number of aromatic nitrogens is 2. The lowest BCUT2D eigenvalue weighted by Crippen LogP contribution is -2.32. The van der Waals surface area contributed by atoms with E-state index in [0.717, 1.165) is 61.2 Å². The zero-order chi connectivity index (χ0) is 31.9. The van der Waals surface area contributed by atoms with Crippen LogP contribution in [0.4, 0.5) is 0 Å². The second-order valence-electron chi connectivity index (χ2n) is 12.2. The van der Waals surface area contributed by atoms with Crippen molar-refractivity contribution in [1.82, 2.24) is 15.3 Å². The number of nitrogens with one attached hydrogen (secondary N) is 3. The number of carbonyl (C=O) groups is 3. The summed E-state index contributed by atoms with van der Waals surface area (Å²) in [6, 6.07) is -0.0258. The van der Waals surface area contributed by atoms with Crippen LogP contribution in [0, 0.1) is 25.7 Å². The van der Waals surface area contributed by atoms with E-state index >= 15 is 0 Å². The molecule has 3 aliphatic heterocycles. The molecule has 2 unspecified atom stereocenters. The lowest BCUT2D eigenvalue weighted by atomic mass is 9.88. The Balaban J connectivity index is 1.60. The summed E-state index contributed by atoms with van der Waals surface area (Å²) in [5.74, 6) is -0.480. The van der Waals surface area contributed by atoms with Gasteiger partial charge in [0.2, 0.25) is 0 Å². The first-order chi connectivity index (χ1) is 20.9. The van der Waals surface area contributed by atoms with Crippen molar-refractivity contribution in [2.24, 2.45) is 16.8 Å². The number of carboxylic acids is 2. The Morgan fingerprint density at radius 1 is 1.02 bits per heavy atom. The number of aliphatic hydroxyl groups excluding tert-OH is 1. The normalized spacial score (nSPS) is 25.8. The fourth-order valence-corrected chi connectivity index (χ4v) is 7.76. The molecule has 11 heteroatoms. The molecule has 6 N–H and O–H groups in total. The van der Waals surface area contributed by atoms with Crippen molar-refractivity contribution in [2.75, 3.05) is 5.75 Å². The van der Waals surface area contributed by atoms with Gasteiger partial charge >= 0.3 is 11.9 Å². The summed E-state index contributed by atoms with van der Waals surface area (Å²) in [5.41, 5.74) is 7.58. The summed E-state index contributed by atoms with van der Waals surface area (Å²) in [6.45, 7) is 9.87. The van der Waals surface area contributed by atoms with Crippen LogP contribution in [0.3, 0.4) is 0 Å². The molecular weight excluding hydrogens is 580 g/mol. The van der Waals surface area contributed by atoms with Crippen LogP contribution in [0.25, 0.3) is 12.2 Å². The minimum Gasteiger partial charge on any atom is -0.481 e. The zero-order valence-electron chi connectivity index (χ0n) is 25.9. The van der Waals surface area contributed by atoms with E-state index < -0.39 is 18.2 Å². The van der Waals surface area contributed by atoms with Gasteiger partial charge in [0.15, 0.2) is 0 Å². The minimum atomic E-state index is -0.895. The molecule has 0 radical (unpaired) electrons. The van der Waals surface area contributed by atoms with Gasteiger partial charge in [0.1, 0.15) is 6.23 Å². The first-order valence-electron chi connectivity index (χ1n) is 15.3. The molecule has 0 saturated carbocycles. The third kappa shape index (κ3) is 6.50. The third-order valence-corrected chi connectivity index (χ3v) is 10.6. The number of rotatable bonds is 12. The van der Waals surface area contributed by atoms with Crippen molar-refractivity contribution in [2.45, 2.75) is 90.7 Å². The van der Waals surface area contributed by atoms with Crippen LogP contribution in [0.1, 0.15) is 73.7 Å². The van der Waals surface area contributed by atoms with Gasteiger partial charge < -0.3 is 25.3 Å². The summed E-state index contributed by atoms with van der Waals surface area (Å²) >= 11 is 1.91. The molecular formula is C33H42N4O6S. The molecule has 0 bridgehead atoms. The number of H-pyrrole nitrogens is 2. The Bertz CT molecular complexity index is 1680. The van der Waals surface area contributed by atoms with Crippen LogP contribution in [0.15, 0.2) is 16.1 Å². The van der Waals surface area contributed by atoms with E-state index in [1.807, 2.05) is 45.5 Å². The molecule has 5 heterocycles. The standard InChI is InChI=1S/C33H42N4O6S/c1-6-19-15(2)24(36-33(19)43)11-22-16(3)20(7-9-29(38)39)25(34-22)13-26-21(8-10-30(40)41)17(4)23(35-26)12-27-31(28-14-44-28)18(5)32(42)37-27/h12-13,18,27-28,31-32,34-35,37,42H,6-11,14H2,1-5H3,(H,38,39)(H,40,41)/b23-12+,26-13-/t18-,27?,28-,31-,32?/m1/s1. The number of aromatic amines is 2. The van der Waals surface area contributed by atoms with Gasteiger partial charge in [-0.25, -0.2) is 4.99 Å². The van der Waals surface area contributed by atoms with E-state index in [4.69, 9.17) is 0 Å². The number of aliphatic imine (C=N–C) groups is 1. The van der Waals surface area contributed by atoms with Crippen LogP contribution < -0.4 is 16.0 Å². The highest BCUT2D eigenvalue weighted by molar-refractivity contribution is 8.06. The van der Waals surface area contributed by atoms with Crippen LogP contribution in [-0.4, -0.2) is 72.1 Å². The van der Waals surface area contributed by atoms with Crippen LogP contribution >= 0.6 is 11.8 Å². The Labute approximate surface area is 260 Å². The first-order valence-corrected chi connectivity index (χ1v) is 16.4. The minimum absolute atomic E-state index is 0.0258. The molecule has 0 aliphatic carbocycles. The molecule has 44 heavy (non-hydrogen) atoms. The first kappa shape index (κ1) is 32.0. The van der Waals surface area contributed by atoms with Crippen molar-refractivity contribution in [3.63, 3.8) is 0 Å². The van der Waals surface area contributed by atoms with Crippen LogP contribution in [0.5, 0.6) is 0 Å². The molecule has 5 atom stereocenters. The molecule has 10 nitrogen and oxygen atoms in total. The molecule has 2 fully saturated rings. The number of amides is 1. The maximum Gasteiger partial charge on any atom is 0.303 e. The van der Waals surface area contributed by atoms with Crippen LogP contribution in [0.2, 0.25) is 0 Å². The molecule has 5 rings (SSSR count). The monoisotopic (exact) mass is 622 g/mol. The quantitative estimate of drug-likeness (QED) is 0.196. The molecule has 1 amide bonds. The molecule has 2 saturated heterocycles.